The molecule has 1 aromatic carbocycles. The van der Waals surface area contributed by atoms with Gasteiger partial charge in [0, 0.05) is 0 Å². The lowest BCUT2D eigenvalue weighted by Crippen LogP contribution is -1.92. The highest BCUT2D eigenvalue weighted by Crippen LogP contribution is 2.26. The first-order chi connectivity index (χ1) is 6.69. The molecular formula is C13H20O. The van der Waals surface area contributed by atoms with E-state index in [1.165, 1.54) is 5.56 Å². The number of phenolic OH excluding ortho intramolecular Hbond substituents is 1. The van der Waals surface area contributed by atoms with E-state index in [4.69, 9.17) is 0 Å². The number of benzene rings is 1. The van der Waals surface area contributed by atoms with Crippen LogP contribution < -0.4 is 0 Å². The second-order valence-corrected chi connectivity index (χ2v) is 3.93. The third-order valence-electron chi connectivity index (χ3n) is 2.45. The summed E-state index contributed by atoms with van der Waals surface area (Å²) in [5, 5.41) is 9.98. The van der Waals surface area contributed by atoms with Crippen LogP contribution >= 0.6 is 0 Å². The molecule has 0 heterocycles. The van der Waals surface area contributed by atoms with Crippen molar-refractivity contribution < 1.29 is 5.11 Å². The van der Waals surface area contributed by atoms with Crippen molar-refractivity contribution in [1.82, 2.24) is 0 Å². The van der Waals surface area contributed by atoms with Crippen LogP contribution in [0.25, 0.3) is 0 Å². The molecule has 0 unspecified atom stereocenters. The molecule has 0 radical (unpaired) electrons. The monoisotopic (exact) mass is 192 g/mol. The van der Waals surface area contributed by atoms with E-state index in [0.29, 0.717) is 5.75 Å². The van der Waals surface area contributed by atoms with Gasteiger partial charge in [0.15, 0.2) is 0 Å². The van der Waals surface area contributed by atoms with Crippen LogP contribution in [-0.4, -0.2) is 5.11 Å². The van der Waals surface area contributed by atoms with Crippen LogP contribution in [0.2, 0.25) is 0 Å². The summed E-state index contributed by atoms with van der Waals surface area (Å²) in [7, 11) is 0. The highest BCUT2D eigenvalue weighted by molar-refractivity contribution is 5.43. The smallest absolute Gasteiger partial charge is 0.121 e. The van der Waals surface area contributed by atoms with Crippen molar-refractivity contribution in [3.63, 3.8) is 0 Å². The van der Waals surface area contributed by atoms with E-state index in [9.17, 15) is 5.11 Å². The molecule has 1 aromatic rings. The van der Waals surface area contributed by atoms with E-state index in [-0.39, 0.29) is 0 Å². The third kappa shape index (κ3) is 2.50. The number of rotatable bonds is 4. The Hall–Kier alpha value is -0.980. The van der Waals surface area contributed by atoms with Crippen molar-refractivity contribution >= 4 is 0 Å². The van der Waals surface area contributed by atoms with Gasteiger partial charge in [0.1, 0.15) is 5.75 Å². The van der Waals surface area contributed by atoms with Crippen molar-refractivity contribution in [1.29, 1.82) is 0 Å². The lowest BCUT2D eigenvalue weighted by atomic mass is 9.99. The maximum absolute atomic E-state index is 9.98. The molecule has 0 aliphatic rings. The first-order valence-corrected chi connectivity index (χ1v) is 5.50. The largest absolute Gasteiger partial charge is 0.507 e. The number of aromatic hydroxyl groups is 1. The van der Waals surface area contributed by atoms with Crippen LogP contribution in [0.3, 0.4) is 0 Å². The molecule has 0 aliphatic heterocycles. The van der Waals surface area contributed by atoms with Crippen molar-refractivity contribution in [2.24, 2.45) is 0 Å². The van der Waals surface area contributed by atoms with E-state index >= 15 is 0 Å². The summed E-state index contributed by atoms with van der Waals surface area (Å²) in [6, 6.07) is 4.19. The maximum Gasteiger partial charge on any atom is 0.121 e. The standard InChI is InChI=1S/C13H20O/c1-4-6-11-8-10(3)9-12(7-5-2)13(11)14/h8-9,14H,4-7H2,1-3H3. The molecule has 0 aliphatic carbocycles. The van der Waals surface area contributed by atoms with Gasteiger partial charge in [0.2, 0.25) is 0 Å². The summed E-state index contributed by atoms with van der Waals surface area (Å²) in [5.41, 5.74) is 3.47. The van der Waals surface area contributed by atoms with Crippen molar-refractivity contribution in [3.05, 3.63) is 28.8 Å². The van der Waals surface area contributed by atoms with Gasteiger partial charge in [0.25, 0.3) is 0 Å². The molecule has 0 atom stereocenters. The average Bonchev–Trinajstić information content (AvgIpc) is 2.14. The van der Waals surface area contributed by atoms with E-state index in [1.807, 2.05) is 0 Å². The molecule has 0 amide bonds. The molecule has 1 N–H and O–H groups in total. The van der Waals surface area contributed by atoms with Crippen molar-refractivity contribution in [3.8, 4) is 5.75 Å². The summed E-state index contributed by atoms with van der Waals surface area (Å²) in [6.07, 6.45) is 4.12. The Kier molecular flexibility index (Phi) is 3.99. The minimum absolute atomic E-state index is 0.527. The highest BCUT2D eigenvalue weighted by atomic mass is 16.3. The molecule has 1 rings (SSSR count). The molecule has 14 heavy (non-hydrogen) atoms. The zero-order valence-corrected chi connectivity index (χ0v) is 9.43. The minimum Gasteiger partial charge on any atom is -0.507 e. The van der Waals surface area contributed by atoms with E-state index in [1.54, 1.807) is 0 Å². The molecule has 78 valence electrons. The maximum atomic E-state index is 9.98. The molecule has 0 fully saturated rings. The van der Waals surface area contributed by atoms with Crippen molar-refractivity contribution in [2.45, 2.75) is 46.5 Å². The Bertz CT molecular complexity index is 275. The molecule has 0 saturated heterocycles. The minimum atomic E-state index is 0.527. The Labute approximate surface area is 86.8 Å². The molecule has 1 nitrogen and oxygen atoms in total. The van der Waals surface area contributed by atoms with Gasteiger partial charge in [-0.15, -0.1) is 0 Å². The van der Waals surface area contributed by atoms with E-state index in [2.05, 4.69) is 32.9 Å². The van der Waals surface area contributed by atoms with Crippen molar-refractivity contribution in [2.75, 3.05) is 0 Å². The van der Waals surface area contributed by atoms with Crippen LogP contribution in [-0.2, 0) is 12.8 Å². The molecule has 0 bridgehead atoms. The van der Waals surface area contributed by atoms with Gasteiger partial charge in [-0.1, -0.05) is 44.4 Å². The number of phenols is 1. The summed E-state index contributed by atoms with van der Waals surface area (Å²) in [4.78, 5) is 0. The van der Waals surface area contributed by atoms with Gasteiger partial charge in [0.05, 0.1) is 0 Å². The predicted molar refractivity (Wildman–Crippen MR) is 60.8 cm³/mol. The van der Waals surface area contributed by atoms with Crippen LogP contribution in [0, 0.1) is 6.92 Å². The third-order valence-corrected chi connectivity index (χ3v) is 2.45. The van der Waals surface area contributed by atoms with Crippen LogP contribution in [0.5, 0.6) is 5.75 Å². The fraction of sp³-hybridized carbons (Fsp3) is 0.538. The normalized spacial score (nSPS) is 10.5. The Morgan fingerprint density at radius 1 is 1.00 bits per heavy atom. The van der Waals surface area contributed by atoms with Gasteiger partial charge in [-0.3, -0.25) is 0 Å². The Morgan fingerprint density at radius 2 is 1.43 bits per heavy atom. The molecular weight excluding hydrogens is 172 g/mol. The Morgan fingerprint density at radius 3 is 1.79 bits per heavy atom. The van der Waals surface area contributed by atoms with Crippen LogP contribution in [0.1, 0.15) is 43.4 Å². The van der Waals surface area contributed by atoms with Crippen LogP contribution in [0.15, 0.2) is 12.1 Å². The number of hydrogen-bond donors (Lipinski definition) is 1. The summed E-state index contributed by atoms with van der Waals surface area (Å²) >= 11 is 0. The summed E-state index contributed by atoms with van der Waals surface area (Å²) in [5.74, 6) is 0.527. The quantitative estimate of drug-likeness (QED) is 0.772. The first-order valence-electron chi connectivity index (χ1n) is 5.50. The van der Waals surface area contributed by atoms with Gasteiger partial charge < -0.3 is 5.11 Å². The van der Waals surface area contributed by atoms with Gasteiger partial charge >= 0.3 is 0 Å². The zero-order chi connectivity index (χ0) is 10.6. The van der Waals surface area contributed by atoms with E-state index in [0.717, 1.165) is 36.8 Å². The van der Waals surface area contributed by atoms with Crippen LogP contribution in [0.4, 0.5) is 0 Å². The first kappa shape index (κ1) is 11.1. The fourth-order valence-corrected chi connectivity index (χ4v) is 1.85. The van der Waals surface area contributed by atoms with E-state index < -0.39 is 0 Å². The number of hydrogen-bond acceptors (Lipinski definition) is 1. The predicted octanol–water partition coefficient (Wildman–Crippen LogP) is 3.61. The lowest BCUT2D eigenvalue weighted by Gasteiger charge is -2.10. The zero-order valence-electron chi connectivity index (χ0n) is 9.43. The topological polar surface area (TPSA) is 20.2 Å². The Balaban J connectivity index is 3.04. The van der Waals surface area contributed by atoms with Gasteiger partial charge in [-0.05, 0) is 30.9 Å². The summed E-state index contributed by atoms with van der Waals surface area (Å²) < 4.78 is 0. The second-order valence-electron chi connectivity index (χ2n) is 3.93. The molecule has 1 heteroatoms. The second kappa shape index (κ2) is 5.04. The SMILES string of the molecule is CCCc1cc(C)cc(CCC)c1O. The molecule has 0 aromatic heterocycles. The average molecular weight is 192 g/mol. The lowest BCUT2D eigenvalue weighted by molar-refractivity contribution is 0.459. The highest BCUT2D eigenvalue weighted by Gasteiger charge is 2.06. The van der Waals surface area contributed by atoms with Gasteiger partial charge in [-0.2, -0.15) is 0 Å². The summed E-state index contributed by atoms with van der Waals surface area (Å²) in [6.45, 7) is 6.38. The fourth-order valence-electron chi connectivity index (χ4n) is 1.85. The molecule has 0 saturated carbocycles. The number of aryl methyl sites for hydroxylation is 3. The van der Waals surface area contributed by atoms with Gasteiger partial charge in [-0.25, -0.2) is 0 Å². The molecule has 0 spiro atoms.